The molecule has 2 fully saturated rings. The van der Waals surface area contributed by atoms with Crippen molar-refractivity contribution in [1.29, 1.82) is 0 Å². The molecular formula is C24H24N4O3S. The van der Waals surface area contributed by atoms with E-state index in [1.807, 2.05) is 48.5 Å². The number of anilines is 1. The van der Waals surface area contributed by atoms with Crippen LogP contribution >= 0.6 is 11.8 Å². The van der Waals surface area contributed by atoms with Crippen LogP contribution in [-0.2, 0) is 4.79 Å². The molecule has 1 N–H and O–H groups in total. The molecule has 0 radical (unpaired) electrons. The minimum Gasteiger partial charge on any atom is -0.448 e. The van der Waals surface area contributed by atoms with E-state index >= 15 is 0 Å². The minimum atomic E-state index is -0.498. The van der Waals surface area contributed by atoms with Crippen molar-refractivity contribution in [2.45, 2.75) is 55.4 Å². The first-order chi connectivity index (χ1) is 15.7. The summed E-state index contributed by atoms with van der Waals surface area (Å²) in [7, 11) is 0. The fraction of sp³-hybridized carbons (Fsp3) is 0.375. The average molecular weight is 449 g/mol. The van der Waals surface area contributed by atoms with Gasteiger partial charge >= 0.3 is 0 Å². The average Bonchev–Trinajstić information content (AvgIpc) is 3.25. The summed E-state index contributed by atoms with van der Waals surface area (Å²) in [5, 5.41) is 12.5. The molecule has 2 saturated carbocycles. The molecule has 1 spiro atoms. The number of thioether (sulfide) groups is 1. The molecule has 0 saturated heterocycles. The molecule has 1 amide bonds. The van der Waals surface area contributed by atoms with Gasteiger partial charge in [0, 0.05) is 36.2 Å². The van der Waals surface area contributed by atoms with E-state index in [9.17, 15) is 4.79 Å². The third-order valence-corrected chi connectivity index (χ3v) is 7.06. The van der Waals surface area contributed by atoms with Crippen LogP contribution in [0.2, 0.25) is 0 Å². The number of aromatic nitrogens is 3. The summed E-state index contributed by atoms with van der Waals surface area (Å²) in [6, 6.07) is 15.7. The van der Waals surface area contributed by atoms with E-state index in [2.05, 4.69) is 20.1 Å². The molecule has 2 aliphatic carbocycles. The number of hydrogen-bond acceptors (Lipinski definition) is 6. The van der Waals surface area contributed by atoms with Gasteiger partial charge in [0.15, 0.2) is 16.7 Å². The Balaban J connectivity index is 1.13. The predicted octanol–water partition coefficient (Wildman–Crippen LogP) is 4.92. The van der Waals surface area contributed by atoms with Crippen molar-refractivity contribution < 1.29 is 14.3 Å². The zero-order chi connectivity index (χ0) is 21.5. The van der Waals surface area contributed by atoms with Gasteiger partial charge in [-0.2, -0.15) is 0 Å². The van der Waals surface area contributed by atoms with Crippen molar-refractivity contribution in [3.8, 4) is 17.2 Å². The van der Waals surface area contributed by atoms with Crippen LogP contribution in [0.4, 0.5) is 5.69 Å². The molecule has 0 unspecified atom stereocenters. The van der Waals surface area contributed by atoms with Gasteiger partial charge in [-0.1, -0.05) is 30.0 Å². The van der Waals surface area contributed by atoms with Gasteiger partial charge in [-0.25, -0.2) is 0 Å². The Hall–Kier alpha value is -3.00. The fourth-order valence-corrected chi connectivity index (χ4v) is 5.18. The normalized spacial score (nSPS) is 18.2. The van der Waals surface area contributed by atoms with Crippen LogP contribution < -0.4 is 14.8 Å². The van der Waals surface area contributed by atoms with E-state index in [1.165, 1.54) is 11.8 Å². The van der Waals surface area contributed by atoms with Crippen LogP contribution in [0.15, 0.2) is 53.7 Å². The standard InChI is InChI=1S/C24H24N4O3S/c29-21(25-17-10-11-19-20(14-17)31-24(30-19)12-4-5-13-24)15-32-23-27-26-22(16-8-9-16)28(23)18-6-2-1-3-7-18/h1-3,6-7,10-11,14,16H,4-5,8-9,12-13,15H2,(H,25,29). The van der Waals surface area contributed by atoms with Crippen molar-refractivity contribution in [3.63, 3.8) is 0 Å². The van der Waals surface area contributed by atoms with E-state index in [0.29, 0.717) is 17.4 Å². The lowest BCUT2D eigenvalue weighted by Crippen LogP contribution is -2.34. The molecule has 2 aromatic carbocycles. The lowest BCUT2D eigenvalue weighted by molar-refractivity contribution is -0.113. The Morgan fingerprint density at radius 2 is 1.84 bits per heavy atom. The van der Waals surface area contributed by atoms with Crippen LogP contribution in [0.3, 0.4) is 0 Å². The second-order valence-corrected chi connectivity index (χ2v) is 9.55. The fourth-order valence-electron chi connectivity index (χ4n) is 4.42. The SMILES string of the molecule is O=C(CSc1nnc(C2CC2)n1-c1ccccc1)Nc1ccc2c(c1)OC1(CCCC1)O2. The highest BCUT2D eigenvalue weighted by Crippen LogP contribution is 2.47. The van der Waals surface area contributed by atoms with Gasteiger partial charge in [0.2, 0.25) is 5.91 Å². The van der Waals surface area contributed by atoms with Crippen LogP contribution in [0, 0.1) is 0 Å². The lowest BCUT2D eigenvalue weighted by Gasteiger charge is -2.21. The van der Waals surface area contributed by atoms with Gasteiger partial charge in [-0.15, -0.1) is 10.2 Å². The Morgan fingerprint density at radius 3 is 2.62 bits per heavy atom. The molecule has 0 bridgehead atoms. The zero-order valence-electron chi connectivity index (χ0n) is 17.6. The summed E-state index contributed by atoms with van der Waals surface area (Å²) < 4.78 is 14.2. The van der Waals surface area contributed by atoms with Crippen LogP contribution in [0.25, 0.3) is 5.69 Å². The third kappa shape index (κ3) is 3.72. The van der Waals surface area contributed by atoms with Crippen LogP contribution in [0.5, 0.6) is 11.5 Å². The van der Waals surface area contributed by atoms with E-state index in [0.717, 1.165) is 60.9 Å². The maximum Gasteiger partial charge on any atom is 0.251 e. The number of benzene rings is 2. The molecule has 2 heterocycles. The van der Waals surface area contributed by atoms with Crippen molar-refractivity contribution in [3.05, 3.63) is 54.4 Å². The van der Waals surface area contributed by atoms with Gasteiger partial charge in [-0.05, 0) is 49.9 Å². The second-order valence-electron chi connectivity index (χ2n) is 8.61. The Morgan fingerprint density at radius 1 is 1.06 bits per heavy atom. The van der Waals surface area contributed by atoms with E-state index < -0.39 is 5.79 Å². The van der Waals surface area contributed by atoms with E-state index in [1.54, 1.807) is 0 Å². The number of ether oxygens (including phenoxy) is 2. The van der Waals surface area contributed by atoms with Crippen molar-refractivity contribution in [2.24, 2.45) is 0 Å². The summed E-state index contributed by atoms with van der Waals surface area (Å²) in [6.45, 7) is 0. The second kappa shape index (κ2) is 7.85. The number of nitrogens with zero attached hydrogens (tertiary/aromatic N) is 3. The summed E-state index contributed by atoms with van der Waals surface area (Å²) in [4.78, 5) is 12.7. The number of fused-ring (bicyclic) bond motifs is 1. The Kier molecular flexibility index (Phi) is 4.82. The molecule has 3 aromatic rings. The molecule has 1 aliphatic heterocycles. The number of carbonyl (C=O) groups excluding carboxylic acids is 1. The highest BCUT2D eigenvalue weighted by atomic mass is 32.2. The quantitative estimate of drug-likeness (QED) is 0.540. The molecule has 164 valence electrons. The molecular weight excluding hydrogens is 424 g/mol. The predicted molar refractivity (Wildman–Crippen MR) is 122 cm³/mol. The molecule has 6 rings (SSSR count). The van der Waals surface area contributed by atoms with E-state index in [4.69, 9.17) is 9.47 Å². The summed E-state index contributed by atoms with van der Waals surface area (Å²) >= 11 is 1.40. The number of nitrogens with one attached hydrogen (secondary N) is 1. The number of rotatable bonds is 6. The monoisotopic (exact) mass is 448 g/mol. The number of para-hydroxylation sites is 1. The maximum atomic E-state index is 12.7. The molecule has 0 atom stereocenters. The topological polar surface area (TPSA) is 78.3 Å². The Labute approximate surface area is 190 Å². The van der Waals surface area contributed by atoms with Gasteiger partial charge in [0.05, 0.1) is 5.75 Å². The van der Waals surface area contributed by atoms with Gasteiger partial charge in [-0.3, -0.25) is 9.36 Å². The van der Waals surface area contributed by atoms with Crippen LogP contribution in [0.1, 0.15) is 50.3 Å². The Bertz CT molecular complexity index is 1150. The maximum absolute atomic E-state index is 12.7. The first kappa shape index (κ1) is 19.7. The van der Waals surface area contributed by atoms with Gasteiger partial charge in [0.25, 0.3) is 5.79 Å². The van der Waals surface area contributed by atoms with Crippen molar-refractivity contribution >= 4 is 23.4 Å². The number of amides is 1. The van der Waals surface area contributed by atoms with Crippen molar-refractivity contribution in [2.75, 3.05) is 11.1 Å². The summed E-state index contributed by atoms with van der Waals surface area (Å²) in [5.41, 5.74) is 1.73. The first-order valence-corrected chi connectivity index (χ1v) is 12.1. The highest BCUT2D eigenvalue weighted by molar-refractivity contribution is 7.99. The largest absolute Gasteiger partial charge is 0.448 e. The molecule has 32 heavy (non-hydrogen) atoms. The summed E-state index contributed by atoms with van der Waals surface area (Å²) in [6.07, 6.45) is 6.33. The van der Waals surface area contributed by atoms with E-state index in [-0.39, 0.29) is 11.7 Å². The number of carbonyl (C=O) groups is 1. The third-order valence-electron chi connectivity index (χ3n) is 6.13. The lowest BCUT2D eigenvalue weighted by atomic mass is 10.2. The molecule has 1 aromatic heterocycles. The molecule has 3 aliphatic rings. The van der Waals surface area contributed by atoms with Crippen molar-refractivity contribution in [1.82, 2.24) is 14.8 Å². The van der Waals surface area contributed by atoms with Gasteiger partial charge < -0.3 is 14.8 Å². The molecule has 8 heteroatoms. The highest BCUT2D eigenvalue weighted by Gasteiger charge is 2.44. The van der Waals surface area contributed by atoms with Gasteiger partial charge in [0.1, 0.15) is 5.82 Å². The zero-order valence-corrected chi connectivity index (χ0v) is 18.4. The van der Waals surface area contributed by atoms with Crippen LogP contribution in [-0.4, -0.2) is 32.2 Å². The smallest absolute Gasteiger partial charge is 0.251 e. The number of hydrogen-bond donors (Lipinski definition) is 1. The molecule has 7 nitrogen and oxygen atoms in total. The first-order valence-electron chi connectivity index (χ1n) is 11.1. The summed E-state index contributed by atoms with van der Waals surface area (Å²) in [5.74, 6) is 2.55. The minimum absolute atomic E-state index is 0.0972.